The van der Waals surface area contributed by atoms with E-state index in [0.29, 0.717) is 25.1 Å². The Kier molecular flexibility index (Phi) is 6.86. The maximum atomic E-state index is 11.7. The second kappa shape index (κ2) is 8.68. The number of amides is 2. The van der Waals surface area contributed by atoms with E-state index in [-0.39, 0.29) is 17.4 Å². The molecule has 7 heteroatoms. The first kappa shape index (κ1) is 16.6. The third-order valence-electron chi connectivity index (χ3n) is 2.72. The predicted molar refractivity (Wildman–Crippen MR) is 77.0 cm³/mol. The quantitative estimate of drug-likeness (QED) is 0.628. The van der Waals surface area contributed by atoms with Crippen LogP contribution in [0.4, 0.5) is 5.69 Å². The van der Waals surface area contributed by atoms with Gasteiger partial charge in [0.15, 0.2) is 0 Å². The molecule has 114 valence electrons. The van der Waals surface area contributed by atoms with E-state index in [1.807, 2.05) is 0 Å². The monoisotopic (exact) mass is 293 g/mol. The SMILES string of the molecule is CC(=O)NCCCCCC(=O)Nc1cncc(C(=O)O)c1. The highest BCUT2D eigenvalue weighted by Crippen LogP contribution is 2.09. The summed E-state index contributed by atoms with van der Waals surface area (Å²) in [6, 6.07) is 1.37. The molecule has 2 amide bonds. The van der Waals surface area contributed by atoms with Crippen LogP contribution < -0.4 is 10.6 Å². The number of anilines is 1. The van der Waals surface area contributed by atoms with E-state index in [2.05, 4.69) is 15.6 Å². The molecule has 0 bridgehead atoms. The summed E-state index contributed by atoms with van der Waals surface area (Å²) >= 11 is 0. The Hall–Kier alpha value is -2.44. The van der Waals surface area contributed by atoms with E-state index in [1.165, 1.54) is 25.4 Å². The van der Waals surface area contributed by atoms with Gasteiger partial charge in [-0.3, -0.25) is 14.6 Å². The fourth-order valence-corrected chi connectivity index (χ4v) is 1.70. The number of carboxylic acids is 1. The summed E-state index contributed by atoms with van der Waals surface area (Å²) in [7, 11) is 0. The number of hydrogen-bond donors (Lipinski definition) is 3. The van der Waals surface area contributed by atoms with Crippen molar-refractivity contribution in [1.29, 1.82) is 0 Å². The zero-order valence-electron chi connectivity index (χ0n) is 11.9. The van der Waals surface area contributed by atoms with Gasteiger partial charge in [0.05, 0.1) is 17.4 Å². The molecule has 0 radical (unpaired) electrons. The lowest BCUT2D eigenvalue weighted by molar-refractivity contribution is -0.119. The van der Waals surface area contributed by atoms with Crippen molar-refractivity contribution in [3.8, 4) is 0 Å². The maximum Gasteiger partial charge on any atom is 0.337 e. The Balaban J connectivity index is 2.26. The van der Waals surface area contributed by atoms with E-state index in [9.17, 15) is 14.4 Å². The summed E-state index contributed by atoms with van der Waals surface area (Å²) < 4.78 is 0. The normalized spacial score (nSPS) is 9.95. The molecule has 0 atom stereocenters. The molecule has 0 fully saturated rings. The molecular weight excluding hydrogens is 274 g/mol. The van der Waals surface area contributed by atoms with Gasteiger partial charge in [-0.2, -0.15) is 0 Å². The van der Waals surface area contributed by atoms with Crippen molar-refractivity contribution in [3.63, 3.8) is 0 Å². The van der Waals surface area contributed by atoms with Crippen molar-refractivity contribution in [2.24, 2.45) is 0 Å². The largest absolute Gasteiger partial charge is 0.478 e. The first-order valence-corrected chi connectivity index (χ1v) is 6.71. The molecule has 0 aliphatic carbocycles. The van der Waals surface area contributed by atoms with Crippen LogP contribution >= 0.6 is 0 Å². The molecule has 0 aliphatic rings. The molecule has 1 aromatic rings. The van der Waals surface area contributed by atoms with Gasteiger partial charge in [0.2, 0.25) is 11.8 Å². The molecule has 7 nitrogen and oxygen atoms in total. The number of nitrogens with zero attached hydrogens (tertiary/aromatic N) is 1. The third-order valence-corrected chi connectivity index (χ3v) is 2.72. The van der Waals surface area contributed by atoms with E-state index >= 15 is 0 Å². The Bertz CT molecular complexity index is 517. The van der Waals surface area contributed by atoms with Crippen LogP contribution in [0.15, 0.2) is 18.5 Å². The number of carbonyl (C=O) groups excluding carboxylic acids is 2. The summed E-state index contributed by atoms with van der Waals surface area (Å²) in [5, 5.41) is 14.1. The van der Waals surface area contributed by atoms with Crippen LogP contribution in [0.2, 0.25) is 0 Å². The second-order valence-corrected chi connectivity index (χ2v) is 4.61. The van der Waals surface area contributed by atoms with Crippen LogP contribution in [0.25, 0.3) is 0 Å². The fraction of sp³-hybridized carbons (Fsp3) is 0.429. The number of carboxylic acid groups (broad SMARTS) is 1. The van der Waals surface area contributed by atoms with Crippen LogP contribution in [0.1, 0.15) is 43.0 Å². The first-order valence-electron chi connectivity index (χ1n) is 6.71. The lowest BCUT2D eigenvalue weighted by Crippen LogP contribution is -2.20. The Morgan fingerprint density at radius 1 is 1.19 bits per heavy atom. The van der Waals surface area contributed by atoms with Gasteiger partial charge in [0, 0.05) is 26.1 Å². The number of rotatable bonds is 8. The number of pyridine rings is 1. The van der Waals surface area contributed by atoms with E-state index in [0.717, 1.165) is 12.8 Å². The summed E-state index contributed by atoms with van der Waals surface area (Å²) in [5.74, 6) is -1.33. The summed E-state index contributed by atoms with van der Waals surface area (Å²) in [4.78, 5) is 36.9. The lowest BCUT2D eigenvalue weighted by atomic mass is 10.2. The van der Waals surface area contributed by atoms with Crippen LogP contribution in [-0.2, 0) is 9.59 Å². The Morgan fingerprint density at radius 2 is 1.95 bits per heavy atom. The van der Waals surface area contributed by atoms with Gasteiger partial charge in [0.1, 0.15) is 0 Å². The molecular formula is C14H19N3O4. The average molecular weight is 293 g/mol. The van der Waals surface area contributed by atoms with Gasteiger partial charge in [-0.15, -0.1) is 0 Å². The number of hydrogen-bond acceptors (Lipinski definition) is 4. The van der Waals surface area contributed by atoms with Crippen molar-refractivity contribution in [1.82, 2.24) is 10.3 Å². The fourth-order valence-electron chi connectivity index (χ4n) is 1.70. The van der Waals surface area contributed by atoms with Crippen LogP contribution in [-0.4, -0.2) is 34.4 Å². The van der Waals surface area contributed by atoms with Gasteiger partial charge in [-0.1, -0.05) is 6.42 Å². The van der Waals surface area contributed by atoms with Gasteiger partial charge in [-0.25, -0.2) is 4.79 Å². The van der Waals surface area contributed by atoms with Gasteiger partial charge in [0.25, 0.3) is 0 Å². The summed E-state index contributed by atoms with van der Waals surface area (Å²) in [6.07, 6.45) is 5.33. The molecule has 0 unspecified atom stereocenters. The number of aromatic carboxylic acids is 1. The standard InChI is InChI=1S/C14H19N3O4/c1-10(18)16-6-4-2-3-5-13(19)17-12-7-11(14(20)21)8-15-9-12/h7-9H,2-6H2,1H3,(H,16,18)(H,17,19)(H,20,21). The zero-order valence-corrected chi connectivity index (χ0v) is 11.9. The average Bonchev–Trinajstić information content (AvgIpc) is 2.42. The van der Waals surface area contributed by atoms with Gasteiger partial charge < -0.3 is 15.7 Å². The summed E-state index contributed by atoms with van der Waals surface area (Å²) in [6.45, 7) is 2.08. The lowest BCUT2D eigenvalue weighted by Gasteiger charge is -2.06. The topological polar surface area (TPSA) is 108 Å². The first-order chi connectivity index (χ1) is 9.99. The Labute approximate surface area is 122 Å². The Morgan fingerprint density at radius 3 is 2.62 bits per heavy atom. The maximum absolute atomic E-state index is 11.7. The van der Waals surface area contributed by atoms with Crippen molar-refractivity contribution in [2.45, 2.75) is 32.6 Å². The van der Waals surface area contributed by atoms with Crippen molar-refractivity contribution in [3.05, 3.63) is 24.0 Å². The molecule has 0 saturated heterocycles. The van der Waals surface area contributed by atoms with Gasteiger partial charge >= 0.3 is 5.97 Å². The van der Waals surface area contributed by atoms with E-state index < -0.39 is 5.97 Å². The molecule has 1 heterocycles. The molecule has 1 aromatic heterocycles. The number of carbonyl (C=O) groups is 3. The molecule has 0 aromatic carbocycles. The molecule has 1 rings (SSSR count). The molecule has 0 aliphatic heterocycles. The van der Waals surface area contributed by atoms with Crippen LogP contribution in [0, 0.1) is 0 Å². The second-order valence-electron chi connectivity index (χ2n) is 4.61. The molecule has 3 N–H and O–H groups in total. The minimum atomic E-state index is -1.09. The zero-order chi connectivity index (χ0) is 15.7. The van der Waals surface area contributed by atoms with E-state index in [4.69, 9.17) is 5.11 Å². The predicted octanol–water partition coefficient (Wildman–Crippen LogP) is 1.41. The highest BCUT2D eigenvalue weighted by Gasteiger charge is 2.07. The minimum absolute atomic E-state index is 0.0307. The van der Waals surface area contributed by atoms with Crippen molar-refractivity contribution >= 4 is 23.5 Å². The van der Waals surface area contributed by atoms with Gasteiger partial charge in [-0.05, 0) is 18.9 Å². The van der Waals surface area contributed by atoms with Crippen molar-refractivity contribution in [2.75, 3.05) is 11.9 Å². The van der Waals surface area contributed by atoms with Crippen LogP contribution in [0.3, 0.4) is 0 Å². The third kappa shape index (κ3) is 7.05. The highest BCUT2D eigenvalue weighted by atomic mass is 16.4. The van der Waals surface area contributed by atoms with Crippen molar-refractivity contribution < 1.29 is 19.5 Å². The number of nitrogens with one attached hydrogen (secondary N) is 2. The number of aromatic nitrogens is 1. The molecule has 0 saturated carbocycles. The minimum Gasteiger partial charge on any atom is -0.478 e. The highest BCUT2D eigenvalue weighted by molar-refractivity contribution is 5.93. The smallest absolute Gasteiger partial charge is 0.337 e. The number of unbranched alkanes of at least 4 members (excludes halogenated alkanes) is 2. The summed E-state index contributed by atoms with van der Waals surface area (Å²) in [5.41, 5.74) is 0.404. The molecule has 21 heavy (non-hydrogen) atoms. The molecule has 0 spiro atoms. The van der Waals surface area contributed by atoms with Crippen LogP contribution in [0.5, 0.6) is 0 Å². The van der Waals surface area contributed by atoms with E-state index in [1.54, 1.807) is 0 Å².